The van der Waals surface area contributed by atoms with Crippen LogP contribution in [0.5, 0.6) is 0 Å². The van der Waals surface area contributed by atoms with Gasteiger partial charge in [-0.25, -0.2) is 13.6 Å². The average molecular weight is 214 g/mol. The number of benzene rings is 1. The van der Waals surface area contributed by atoms with Crippen molar-refractivity contribution >= 4 is 11.7 Å². The molecule has 1 aromatic carbocycles. The quantitative estimate of drug-likeness (QED) is 0.764. The highest BCUT2D eigenvalue weighted by Crippen LogP contribution is 2.18. The van der Waals surface area contributed by atoms with Crippen molar-refractivity contribution in [1.82, 2.24) is 4.90 Å². The largest absolute Gasteiger partial charge is 0.331 e. The first-order valence-corrected chi connectivity index (χ1v) is 4.35. The summed E-state index contributed by atoms with van der Waals surface area (Å²) in [4.78, 5) is 12.4. The lowest BCUT2D eigenvalue weighted by molar-refractivity contribution is 0.230. The molecule has 0 bridgehead atoms. The van der Waals surface area contributed by atoms with E-state index in [1.807, 2.05) is 0 Å². The van der Waals surface area contributed by atoms with Crippen LogP contribution in [-0.2, 0) is 0 Å². The molecule has 0 aliphatic heterocycles. The van der Waals surface area contributed by atoms with Gasteiger partial charge in [-0.3, -0.25) is 0 Å². The number of carbonyl (C=O) groups is 1. The van der Waals surface area contributed by atoms with Crippen molar-refractivity contribution in [1.29, 1.82) is 0 Å². The smallest absolute Gasteiger partial charge is 0.321 e. The molecule has 1 rings (SSSR count). The summed E-state index contributed by atoms with van der Waals surface area (Å²) in [5.74, 6) is -1.20. The summed E-state index contributed by atoms with van der Waals surface area (Å²) in [7, 11) is 3.02. The number of urea groups is 1. The van der Waals surface area contributed by atoms with Gasteiger partial charge in [0.2, 0.25) is 0 Å². The minimum absolute atomic E-state index is 0.156. The average Bonchev–Trinajstić information content (AvgIpc) is 2.13. The van der Waals surface area contributed by atoms with Gasteiger partial charge in [-0.1, -0.05) is 0 Å². The van der Waals surface area contributed by atoms with E-state index in [1.165, 1.54) is 25.9 Å². The highest BCUT2D eigenvalue weighted by atomic mass is 19.1. The number of hydrogen-bond acceptors (Lipinski definition) is 1. The molecule has 2 amide bonds. The molecule has 5 heteroatoms. The molecular formula is C10H12F2N2O. The van der Waals surface area contributed by atoms with Gasteiger partial charge in [0.15, 0.2) is 0 Å². The van der Waals surface area contributed by atoms with E-state index in [4.69, 9.17) is 0 Å². The third-order valence-electron chi connectivity index (χ3n) is 1.90. The van der Waals surface area contributed by atoms with E-state index in [-0.39, 0.29) is 11.3 Å². The van der Waals surface area contributed by atoms with Crippen LogP contribution in [0.4, 0.5) is 19.3 Å². The molecular weight excluding hydrogens is 202 g/mol. The lowest BCUT2D eigenvalue weighted by atomic mass is 10.2. The Morgan fingerprint density at radius 2 is 1.87 bits per heavy atom. The number of halogens is 2. The first-order chi connectivity index (χ1) is 6.91. The molecule has 3 nitrogen and oxygen atoms in total. The van der Waals surface area contributed by atoms with Crippen LogP contribution in [0, 0.1) is 18.6 Å². The Morgan fingerprint density at radius 1 is 1.27 bits per heavy atom. The van der Waals surface area contributed by atoms with E-state index < -0.39 is 17.7 Å². The van der Waals surface area contributed by atoms with E-state index >= 15 is 0 Å². The summed E-state index contributed by atoms with van der Waals surface area (Å²) in [5.41, 5.74) is 0.0483. The van der Waals surface area contributed by atoms with Crippen molar-refractivity contribution < 1.29 is 13.6 Å². The van der Waals surface area contributed by atoms with Crippen LogP contribution in [0.1, 0.15) is 5.56 Å². The highest BCUT2D eigenvalue weighted by molar-refractivity contribution is 5.89. The van der Waals surface area contributed by atoms with E-state index in [9.17, 15) is 13.6 Å². The minimum Gasteiger partial charge on any atom is -0.331 e. The number of anilines is 1. The second-order valence-corrected chi connectivity index (χ2v) is 3.41. The fourth-order valence-electron chi connectivity index (χ4n) is 0.969. The number of hydrogen-bond donors (Lipinski definition) is 1. The molecule has 0 radical (unpaired) electrons. The van der Waals surface area contributed by atoms with Gasteiger partial charge < -0.3 is 10.2 Å². The number of aryl methyl sites for hydroxylation is 1. The second-order valence-electron chi connectivity index (χ2n) is 3.41. The fraction of sp³-hybridized carbons (Fsp3) is 0.300. The molecule has 1 N–H and O–H groups in total. The van der Waals surface area contributed by atoms with Gasteiger partial charge >= 0.3 is 6.03 Å². The summed E-state index contributed by atoms with van der Waals surface area (Å²) in [6, 6.07) is 1.50. The summed E-state index contributed by atoms with van der Waals surface area (Å²) in [6.07, 6.45) is 0. The monoisotopic (exact) mass is 214 g/mol. The van der Waals surface area contributed by atoms with Gasteiger partial charge in [-0.15, -0.1) is 0 Å². The Labute approximate surface area is 86.7 Å². The second kappa shape index (κ2) is 4.25. The predicted molar refractivity (Wildman–Crippen MR) is 53.8 cm³/mol. The summed E-state index contributed by atoms with van der Waals surface area (Å²) >= 11 is 0. The number of rotatable bonds is 1. The molecule has 82 valence electrons. The highest BCUT2D eigenvalue weighted by Gasteiger charge is 2.11. The lowest BCUT2D eigenvalue weighted by Crippen LogP contribution is -2.27. The van der Waals surface area contributed by atoms with Crippen LogP contribution in [-0.4, -0.2) is 25.0 Å². The van der Waals surface area contributed by atoms with Crippen molar-refractivity contribution in [2.24, 2.45) is 0 Å². The topological polar surface area (TPSA) is 32.3 Å². The molecule has 0 saturated carbocycles. The number of nitrogens with one attached hydrogen (secondary N) is 1. The number of carbonyl (C=O) groups excluding carboxylic acids is 1. The van der Waals surface area contributed by atoms with Crippen LogP contribution < -0.4 is 5.32 Å². The molecule has 0 aliphatic carbocycles. The molecule has 0 aromatic heterocycles. The van der Waals surface area contributed by atoms with Gasteiger partial charge in [0, 0.05) is 20.2 Å². The molecule has 0 aliphatic rings. The Hall–Kier alpha value is -1.65. The maximum atomic E-state index is 13.3. The number of nitrogens with zero attached hydrogens (tertiary/aromatic N) is 1. The Balaban J connectivity index is 2.96. The van der Waals surface area contributed by atoms with E-state index in [0.29, 0.717) is 0 Å². The molecule has 0 unspecified atom stereocenters. The van der Waals surface area contributed by atoms with Gasteiger partial charge in [-0.2, -0.15) is 0 Å². The van der Waals surface area contributed by atoms with E-state index in [1.54, 1.807) is 0 Å². The Kier molecular flexibility index (Phi) is 3.24. The summed E-state index contributed by atoms with van der Waals surface area (Å²) in [5, 5.41) is 2.25. The van der Waals surface area contributed by atoms with Crippen molar-refractivity contribution in [2.45, 2.75) is 6.92 Å². The first-order valence-electron chi connectivity index (χ1n) is 4.35. The lowest BCUT2D eigenvalue weighted by Gasteiger charge is -2.12. The van der Waals surface area contributed by atoms with Gasteiger partial charge in [0.05, 0.1) is 5.69 Å². The van der Waals surface area contributed by atoms with Crippen LogP contribution in [0.15, 0.2) is 12.1 Å². The normalized spacial score (nSPS) is 9.93. The maximum Gasteiger partial charge on any atom is 0.321 e. The molecule has 0 fully saturated rings. The molecule has 0 atom stereocenters. The van der Waals surface area contributed by atoms with E-state index in [2.05, 4.69) is 5.32 Å². The zero-order valence-corrected chi connectivity index (χ0v) is 8.77. The third-order valence-corrected chi connectivity index (χ3v) is 1.90. The summed E-state index contributed by atoms with van der Waals surface area (Å²) in [6.45, 7) is 1.45. The zero-order valence-electron chi connectivity index (χ0n) is 8.77. The molecule has 1 aromatic rings. The van der Waals surface area contributed by atoms with Gasteiger partial charge in [0.25, 0.3) is 0 Å². The Morgan fingerprint density at radius 3 is 2.40 bits per heavy atom. The van der Waals surface area contributed by atoms with Crippen molar-refractivity contribution in [3.8, 4) is 0 Å². The molecule has 15 heavy (non-hydrogen) atoms. The van der Waals surface area contributed by atoms with Crippen LogP contribution in [0.3, 0.4) is 0 Å². The maximum absolute atomic E-state index is 13.3. The van der Waals surface area contributed by atoms with Gasteiger partial charge in [0.1, 0.15) is 11.6 Å². The molecule has 0 saturated heterocycles. The Bertz CT molecular complexity index is 391. The van der Waals surface area contributed by atoms with Crippen molar-refractivity contribution in [2.75, 3.05) is 19.4 Å². The molecule has 0 heterocycles. The van der Waals surface area contributed by atoms with Crippen molar-refractivity contribution in [3.63, 3.8) is 0 Å². The van der Waals surface area contributed by atoms with Crippen LogP contribution in [0.25, 0.3) is 0 Å². The summed E-state index contributed by atoms with van der Waals surface area (Å²) < 4.78 is 26.3. The fourth-order valence-corrected chi connectivity index (χ4v) is 0.969. The predicted octanol–water partition coefficient (Wildman–Crippen LogP) is 2.37. The molecule has 0 spiro atoms. The standard InChI is InChI=1S/C10H12F2N2O/c1-6-4-8(12)9(5-7(6)11)13-10(15)14(2)3/h4-5H,1-3H3,(H,13,15). The van der Waals surface area contributed by atoms with Crippen molar-refractivity contribution in [3.05, 3.63) is 29.3 Å². The SMILES string of the molecule is Cc1cc(F)c(NC(=O)N(C)C)cc1F. The minimum atomic E-state index is -0.649. The first kappa shape index (κ1) is 11.4. The van der Waals surface area contributed by atoms with Crippen LogP contribution >= 0.6 is 0 Å². The number of amides is 2. The van der Waals surface area contributed by atoms with E-state index in [0.717, 1.165) is 12.1 Å². The third kappa shape index (κ3) is 2.65. The zero-order chi connectivity index (χ0) is 11.6. The van der Waals surface area contributed by atoms with Gasteiger partial charge in [-0.05, 0) is 18.6 Å². The van der Waals surface area contributed by atoms with Crippen LogP contribution in [0.2, 0.25) is 0 Å².